The van der Waals surface area contributed by atoms with Crippen molar-refractivity contribution in [2.45, 2.75) is 161 Å². The number of unbranched alkanes of at least 4 members (excludes halogenated alkanes) is 14. The molecule has 5 heteroatoms. The van der Waals surface area contributed by atoms with Crippen LogP contribution in [0, 0.1) is 0 Å². The maximum absolute atomic E-state index is 12.1. The van der Waals surface area contributed by atoms with Crippen molar-refractivity contribution in [1.82, 2.24) is 0 Å². The quantitative estimate of drug-likeness (QED) is 0.0513. The van der Waals surface area contributed by atoms with Crippen molar-refractivity contribution in [3.63, 3.8) is 0 Å². The van der Waals surface area contributed by atoms with Crippen molar-refractivity contribution < 1.29 is 24.2 Å². The molecule has 0 heterocycles. The maximum atomic E-state index is 12.1. The summed E-state index contributed by atoms with van der Waals surface area (Å²) >= 11 is 0. The Hall–Kier alpha value is -2.14. The zero-order valence-electron chi connectivity index (χ0n) is 27.2. The number of carbonyl (C=O) groups is 2. The molecular formula is C37H64O5. The average Bonchev–Trinajstić information content (AvgIpc) is 2.99. The van der Waals surface area contributed by atoms with E-state index in [1.54, 1.807) is 0 Å². The van der Waals surface area contributed by atoms with Crippen molar-refractivity contribution in [1.29, 1.82) is 0 Å². The summed E-state index contributed by atoms with van der Waals surface area (Å²) in [6.45, 7) is 4.02. The molecule has 0 saturated carbocycles. The van der Waals surface area contributed by atoms with Gasteiger partial charge >= 0.3 is 11.9 Å². The Kier molecular flexibility index (Phi) is 31.7. The molecule has 0 amide bonds. The van der Waals surface area contributed by atoms with Crippen LogP contribution >= 0.6 is 0 Å². The highest BCUT2D eigenvalue weighted by atomic mass is 16.6. The van der Waals surface area contributed by atoms with E-state index in [2.05, 4.69) is 62.5 Å². The Morgan fingerprint density at radius 1 is 0.548 bits per heavy atom. The lowest BCUT2D eigenvalue weighted by Crippen LogP contribution is -2.28. The first-order valence-corrected chi connectivity index (χ1v) is 17.2. The van der Waals surface area contributed by atoms with Crippen molar-refractivity contribution in [3.8, 4) is 0 Å². The van der Waals surface area contributed by atoms with E-state index in [1.165, 1.54) is 57.8 Å². The molecule has 1 N–H and O–H groups in total. The predicted molar refractivity (Wildman–Crippen MR) is 177 cm³/mol. The molecule has 0 aliphatic heterocycles. The molecule has 42 heavy (non-hydrogen) atoms. The van der Waals surface area contributed by atoms with Crippen molar-refractivity contribution in [2.75, 3.05) is 13.2 Å². The van der Waals surface area contributed by atoms with Gasteiger partial charge in [0.25, 0.3) is 0 Å². The van der Waals surface area contributed by atoms with Crippen molar-refractivity contribution in [3.05, 3.63) is 48.6 Å². The molecule has 0 aromatic rings. The third kappa shape index (κ3) is 30.8. The van der Waals surface area contributed by atoms with Gasteiger partial charge in [-0.05, 0) is 70.6 Å². The van der Waals surface area contributed by atoms with Crippen LogP contribution in [0.15, 0.2) is 48.6 Å². The summed E-state index contributed by atoms with van der Waals surface area (Å²) in [5.74, 6) is -0.633. The second-order valence-electron chi connectivity index (χ2n) is 11.2. The van der Waals surface area contributed by atoms with E-state index < -0.39 is 6.10 Å². The van der Waals surface area contributed by atoms with Gasteiger partial charge in [0.05, 0.1) is 6.61 Å². The number of aliphatic hydroxyl groups excluding tert-OH is 1. The lowest BCUT2D eigenvalue weighted by atomic mass is 10.1. The molecule has 0 aromatic heterocycles. The van der Waals surface area contributed by atoms with E-state index in [4.69, 9.17) is 9.47 Å². The zero-order chi connectivity index (χ0) is 30.8. The summed E-state index contributed by atoms with van der Waals surface area (Å²) in [4.78, 5) is 24.1. The SMILES string of the molecule is CCCC/C=C/CCCCCCCC(=O)O[C@@H](CO)COC(=O)CCCCCC/C=C/C/C=C/C/C=C/CCCCC. The van der Waals surface area contributed by atoms with Crippen LogP contribution in [0.3, 0.4) is 0 Å². The van der Waals surface area contributed by atoms with Crippen LogP contribution in [-0.2, 0) is 19.1 Å². The standard InChI is InChI=1S/C37H64O5/c1-3-5-7-9-11-13-15-16-17-18-19-20-22-23-25-27-29-31-36(39)41-34-35(33-38)42-37(40)32-30-28-26-24-21-14-12-10-8-6-4-2/h10-13,16-17,19-20,35,38H,3-9,14-15,18,21-34H2,1-2H3/b12-10+,13-11+,17-16+,20-19+/t35-/m0/s1. The lowest BCUT2D eigenvalue weighted by molar-refractivity contribution is -0.161. The molecule has 0 bridgehead atoms. The van der Waals surface area contributed by atoms with Gasteiger partial charge in [-0.2, -0.15) is 0 Å². The maximum Gasteiger partial charge on any atom is 0.306 e. The third-order valence-electron chi connectivity index (χ3n) is 7.10. The van der Waals surface area contributed by atoms with Gasteiger partial charge in [-0.1, -0.05) is 120 Å². The zero-order valence-corrected chi connectivity index (χ0v) is 27.2. The minimum Gasteiger partial charge on any atom is -0.462 e. The molecule has 5 nitrogen and oxygen atoms in total. The number of ether oxygens (including phenoxy) is 2. The average molecular weight is 589 g/mol. The van der Waals surface area contributed by atoms with E-state index >= 15 is 0 Å². The molecule has 242 valence electrons. The molecule has 0 aliphatic rings. The number of aliphatic hydroxyl groups is 1. The highest BCUT2D eigenvalue weighted by Crippen LogP contribution is 2.11. The Balaban J connectivity index is 3.65. The first-order valence-electron chi connectivity index (χ1n) is 17.2. The number of hydrogen-bond acceptors (Lipinski definition) is 5. The summed E-state index contributed by atoms with van der Waals surface area (Å²) in [6, 6.07) is 0. The Labute approximate surface area is 258 Å². The molecule has 0 unspecified atom stereocenters. The van der Waals surface area contributed by atoms with Crippen LogP contribution in [0.1, 0.15) is 155 Å². The van der Waals surface area contributed by atoms with Gasteiger partial charge in [-0.3, -0.25) is 9.59 Å². The summed E-state index contributed by atoms with van der Waals surface area (Å²) in [5, 5.41) is 9.49. The third-order valence-corrected chi connectivity index (χ3v) is 7.10. The second-order valence-corrected chi connectivity index (χ2v) is 11.2. The fraction of sp³-hybridized carbons (Fsp3) is 0.730. The van der Waals surface area contributed by atoms with Crippen LogP contribution in [0.2, 0.25) is 0 Å². The second kappa shape index (κ2) is 33.4. The fourth-order valence-corrected chi connectivity index (χ4v) is 4.42. The summed E-state index contributed by atoms with van der Waals surface area (Å²) in [7, 11) is 0. The van der Waals surface area contributed by atoms with Gasteiger partial charge in [0.2, 0.25) is 0 Å². The predicted octanol–water partition coefficient (Wildman–Crippen LogP) is 10.3. The fourth-order valence-electron chi connectivity index (χ4n) is 4.42. The van der Waals surface area contributed by atoms with E-state index in [0.717, 1.165) is 70.6 Å². The molecule has 0 aromatic carbocycles. The normalized spacial score (nSPS) is 12.7. The van der Waals surface area contributed by atoms with Gasteiger partial charge in [0, 0.05) is 12.8 Å². The van der Waals surface area contributed by atoms with Gasteiger partial charge in [-0.25, -0.2) is 0 Å². The van der Waals surface area contributed by atoms with Gasteiger partial charge in [0.15, 0.2) is 6.10 Å². The minimum atomic E-state index is -0.783. The largest absolute Gasteiger partial charge is 0.462 e. The Morgan fingerprint density at radius 3 is 1.52 bits per heavy atom. The number of allylic oxidation sites excluding steroid dienone is 8. The van der Waals surface area contributed by atoms with Crippen molar-refractivity contribution in [2.24, 2.45) is 0 Å². The first-order chi connectivity index (χ1) is 20.6. The molecule has 0 aliphatic carbocycles. The van der Waals surface area contributed by atoms with Gasteiger partial charge in [0.1, 0.15) is 6.61 Å². The van der Waals surface area contributed by atoms with Gasteiger partial charge in [-0.15, -0.1) is 0 Å². The molecule has 0 radical (unpaired) electrons. The van der Waals surface area contributed by atoms with Crippen LogP contribution in [0.5, 0.6) is 0 Å². The van der Waals surface area contributed by atoms with E-state index in [-0.39, 0.29) is 25.2 Å². The molecular weight excluding hydrogens is 524 g/mol. The Morgan fingerprint density at radius 2 is 0.976 bits per heavy atom. The number of esters is 2. The number of hydrogen-bond donors (Lipinski definition) is 1. The lowest BCUT2D eigenvalue weighted by Gasteiger charge is -2.15. The van der Waals surface area contributed by atoms with Crippen molar-refractivity contribution >= 4 is 11.9 Å². The van der Waals surface area contributed by atoms with Crippen LogP contribution in [0.25, 0.3) is 0 Å². The topological polar surface area (TPSA) is 72.8 Å². The van der Waals surface area contributed by atoms with E-state index in [0.29, 0.717) is 12.8 Å². The highest BCUT2D eigenvalue weighted by Gasteiger charge is 2.16. The first kappa shape index (κ1) is 39.9. The Bertz CT molecular complexity index is 722. The minimum absolute atomic E-state index is 0.0820. The molecule has 1 atom stereocenters. The summed E-state index contributed by atoms with van der Waals surface area (Å²) in [6.07, 6.45) is 40.2. The van der Waals surface area contributed by atoms with Crippen LogP contribution < -0.4 is 0 Å². The number of carbonyl (C=O) groups excluding carboxylic acids is 2. The van der Waals surface area contributed by atoms with Gasteiger partial charge < -0.3 is 14.6 Å². The molecule has 0 rings (SSSR count). The molecule has 0 saturated heterocycles. The number of rotatable bonds is 30. The van der Waals surface area contributed by atoms with Crippen LogP contribution in [-0.4, -0.2) is 36.4 Å². The van der Waals surface area contributed by atoms with E-state index in [1.807, 2.05) is 0 Å². The summed E-state index contributed by atoms with van der Waals surface area (Å²) < 4.78 is 10.5. The summed E-state index contributed by atoms with van der Waals surface area (Å²) in [5.41, 5.74) is 0. The monoisotopic (exact) mass is 588 g/mol. The highest BCUT2D eigenvalue weighted by molar-refractivity contribution is 5.70. The smallest absolute Gasteiger partial charge is 0.306 e. The molecule has 0 spiro atoms. The molecule has 0 fully saturated rings. The van der Waals surface area contributed by atoms with E-state index in [9.17, 15) is 14.7 Å². The van der Waals surface area contributed by atoms with Crippen LogP contribution in [0.4, 0.5) is 0 Å².